The summed E-state index contributed by atoms with van der Waals surface area (Å²) in [5.74, 6) is 0.289. The van der Waals surface area contributed by atoms with Gasteiger partial charge in [0, 0.05) is 6.07 Å². The number of ether oxygens (including phenoxy) is 1. The molecule has 19 heavy (non-hydrogen) atoms. The minimum atomic E-state index is -0.530. The molecule has 1 aromatic heterocycles. The van der Waals surface area contributed by atoms with Crippen LogP contribution in [0.1, 0.15) is 4.88 Å². The second-order valence-electron chi connectivity index (χ2n) is 3.27. The molecule has 0 fully saturated rings. The predicted octanol–water partition coefficient (Wildman–Crippen LogP) is 5.00. The van der Waals surface area contributed by atoms with E-state index >= 15 is 0 Å². The number of alkyl halides is 1. The summed E-state index contributed by atoms with van der Waals surface area (Å²) in [5, 5.41) is 11.4. The van der Waals surface area contributed by atoms with Crippen molar-refractivity contribution in [2.45, 2.75) is 5.88 Å². The van der Waals surface area contributed by atoms with Crippen molar-refractivity contribution in [3.8, 4) is 10.9 Å². The van der Waals surface area contributed by atoms with Crippen LogP contribution in [0.25, 0.3) is 0 Å². The summed E-state index contributed by atoms with van der Waals surface area (Å²) in [6.45, 7) is 0. The normalized spacial score (nSPS) is 10.5. The second-order valence-corrected chi connectivity index (χ2v) is 5.80. The number of nitro benzene ring substituents is 1. The third-order valence-corrected chi connectivity index (χ3v) is 4.49. The highest BCUT2D eigenvalue weighted by atomic mass is 79.9. The summed E-state index contributed by atoms with van der Waals surface area (Å²) in [5.41, 5.74) is -0.159. The lowest BCUT2D eigenvalue weighted by molar-refractivity contribution is -0.385. The van der Waals surface area contributed by atoms with Gasteiger partial charge < -0.3 is 4.74 Å². The van der Waals surface area contributed by atoms with Gasteiger partial charge in [-0.2, -0.15) is 4.98 Å². The number of nitrogens with zero attached hydrogens (tertiary/aromatic N) is 2. The van der Waals surface area contributed by atoms with Crippen molar-refractivity contribution in [3.05, 3.63) is 42.8 Å². The van der Waals surface area contributed by atoms with E-state index < -0.39 is 4.92 Å². The lowest BCUT2D eigenvalue weighted by Gasteiger charge is -2.04. The molecule has 5 nitrogen and oxygen atoms in total. The van der Waals surface area contributed by atoms with Gasteiger partial charge in [0.1, 0.15) is 5.15 Å². The van der Waals surface area contributed by atoms with E-state index in [1.54, 1.807) is 12.1 Å². The Morgan fingerprint density at radius 3 is 2.84 bits per heavy atom. The van der Waals surface area contributed by atoms with Crippen LogP contribution in [0.2, 0.25) is 5.15 Å². The minimum Gasteiger partial charge on any atom is -0.422 e. The van der Waals surface area contributed by atoms with Crippen LogP contribution in [0.5, 0.6) is 10.9 Å². The number of hydrogen-bond acceptors (Lipinski definition) is 5. The second kappa shape index (κ2) is 6.04. The first-order valence-electron chi connectivity index (χ1n) is 4.85. The molecule has 0 N–H and O–H groups in total. The van der Waals surface area contributed by atoms with Crippen LogP contribution in [-0.2, 0) is 5.88 Å². The summed E-state index contributed by atoms with van der Waals surface area (Å²) in [6.07, 6.45) is 0. The smallest absolute Gasteiger partial charge is 0.312 e. The van der Waals surface area contributed by atoms with E-state index in [4.69, 9.17) is 27.9 Å². The number of nitro groups is 1. The van der Waals surface area contributed by atoms with Crippen molar-refractivity contribution in [3.63, 3.8) is 0 Å². The Morgan fingerprint density at radius 1 is 1.53 bits per heavy atom. The zero-order valence-electron chi connectivity index (χ0n) is 9.10. The number of hydrogen-bond donors (Lipinski definition) is 0. The number of aromatic nitrogens is 1. The lowest BCUT2D eigenvalue weighted by atomic mass is 10.3. The predicted molar refractivity (Wildman–Crippen MR) is 77.6 cm³/mol. The van der Waals surface area contributed by atoms with E-state index in [1.165, 1.54) is 6.07 Å². The average Bonchev–Trinajstić information content (AvgIpc) is 2.71. The third kappa shape index (κ3) is 3.17. The fraction of sp³-hybridized carbons (Fsp3) is 0.100. The van der Waals surface area contributed by atoms with Gasteiger partial charge in [-0.25, -0.2) is 0 Å². The van der Waals surface area contributed by atoms with Gasteiger partial charge in [-0.3, -0.25) is 10.1 Å². The molecule has 0 saturated carbocycles. The van der Waals surface area contributed by atoms with E-state index in [1.807, 2.05) is 0 Å². The van der Waals surface area contributed by atoms with Gasteiger partial charge in [0.2, 0.25) is 5.75 Å². The van der Waals surface area contributed by atoms with Gasteiger partial charge in [-0.1, -0.05) is 29.0 Å². The maximum Gasteiger partial charge on any atom is 0.312 e. The molecule has 0 bridgehead atoms. The van der Waals surface area contributed by atoms with Crippen molar-refractivity contribution in [1.29, 1.82) is 0 Å². The topological polar surface area (TPSA) is 65.3 Å². The molecule has 100 valence electrons. The highest BCUT2D eigenvalue weighted by Crippen LogP contribution is 2.40. The van der Waals surface area contributed by atoms with Gasteiger partial charge in [0.05, 0.1) is 20.2 Å². The molecule has 0 aliphatic carbocycles. The highest BCUT2D eigenvalue weighted by molar-refractivity contribution is 9.10. The molecule has 1 heterocycles. The van der Waals surface area contributed by atoms with Gasteiger partial charge >= 0.3 is 5.69 Å². The van der Waals surface area contributed by atoms with Gasteiger partial charge in [-0.15, -0.1) is 11.6 Å². The summed E-state index contributed by atoms with van der Waals surface area (Å²) >= 11 is 15.9. The number of benzene rings is 1. The lowest BCUT2D eigenvalue weighted by Crippen LogP contribution is -1.93. The van der Waals surface area contributed by atoms with Crippen molar-refractivity contribution < 1.29 is 9.66 Å². The maximum atomic E-state index is 10.9. The fourth-order valence-electron chi connectivity index (χ4n) is 1.27. The van der Waals surface area contributed by atoms with E-state index in [-0.39, 0.29) is 27.7 Å². The number of rotatable bonds is 4. The van der Waals surface area contributed by atoms with Crippen LogP contribution in [0.15, 0.2) is 22.7 Å². The van der Waals surface area contributed by atoms with E-state index in [2.05, 4.69) is 20.9 Å². The summed E-state index contributed by atoms with van der Waals surface area (Å²) in [4.78, 5) is 15.0. The monoisotopic (exact) mass is 382 g/mol. The van der Waals surface area contributed by atoms with Gasteiger partial charge in [0.15, 0.2) is 0 Å². The molecule has 2 aromatic rings. The largest absolute Gasteiger partial charge is 0.422 e. The first kappa shape index (κ1) is 14.5. The highest BCUT2D eigenvalue weighted by Gasteiger charge is 2.20. The van der Waals surface area contributed by atoms with Crippen LogP contribution in [-0.4, -0.2) is 9.91 Å². The number of para-hydroxylation sites is 1. The number of thiazole rings is 1. The van der Waals surface area contributed by atoms with Crippen molar-refractivity contribution in [2.75, 3.05) is 0 Å². The molecule has 0 aliphatic heterocycles. The Labute approximate surface area is 130 Å². The first-order valence-corrected chi connectivity index (χ1v) is 7.37. The van der Waals surface area contributed by atoms with E-state index in [0.717, 1.165) is 11.3 Å². The van der Waals surface area contributed by atoms with E-state index in [0.29, 0.717) is 9.35 Å². The standard InChI is InChI=1S/C10H5BrCl2N2O3S/c11-5-2-1-3-6(15(16)17)8(5)18-10-14-9(13)7(4-12)19-10/h1-3H,4H2. The Bertz CT molecular complexity index is 635. The van der Waals surface area contributed by atoms with Crippen molar-refractivity contribution >= 4 is 56.2 Å². The molecule has 0 radical (unpaired) electrons. The van der Waals surface area contributed by atoms with Crippen LogP contribution >= 0.6 is 50.5 Å². The summed E-state index contributed by atoms with van der Waals surface area (Å²) < 4.78 is 5.90. The molecular formula is C10H5BrCl2N2O3S. The van der Waals surface area contributed by atoms with Gasteiger partial charge in [0.25, 0.3) is 5.19 Å². The Kier molecular flexibility index (Phi) is 4.62. The van der Waals surface area contributed by atoms with Crippen LogP contribution in [0.4, 0.5) is 5.69 Å². The minimum absolute atomic E-state index is 0.0824. The van der Waals surface area contributed by atoms with Gasteiger partial charge in [-0.05, 0) is 22.0 Å². The molecule has 1 aromatic carbocycles. The molecule has 0 saturated heterocycles. The zero-order valence-corrected chi connectivity index (χ0v) is 13.0. The maximum absolute atomic E-state index is 10.9. The SMILES string of the molecule is O=[N+]([O-])c1cccc(Br)c1Oc1nc(Cl)c(CCl)s1. The fourth-order valence-corrected chi connectivity index (χ4v) is 3.03. The third-order valence-electron chi connectivity index (χ3n) is 2.08. The first-order chi connectivity index (χ1) is 9.02. The molecule has 2 rings (SSSR count). The molecule has 0 atom stereocenters. The van der Waals surface area contributed by atoms with Crippen molar-refractivity contribution in [2.24, 2.45) is 0 Å². The van der Waals surface area contributed by atoms with Crippen LogP contribution in [0, 0.1) is 10.1 Å². The van der Waals surface area contributed by atoms with E-state index in [9.17, 15) is 10.1 Å². The van der Waals surface area contributed by atoms with Crippen molar-refractivity contribution in [1.82, 2.24) is 4.98 Å². The summed E-state index contributed by atoms with van der Waals surface area (Å²) in [7, 11) is 0. The summed E-state index contributed by atoms with van der Waals surface area (Å²) in [6, 6.07) is 4.53. The molecule has 9 heteroatoms. The molecule has 0 aliphatic rings. The van der Waals surface area contributed by atoms with Crippen LogP contribution in [0.3, 0.4) is 0 Å². The quantitative estimate of drug-likeness (QED) is 0.423. The Balaban J connectivity index is 2.39. The number of halogens is 3. The average molecular weight is 384 g/mol. The molecule has 0 spiro atoms. The molecule has 0 amide bonds. The molecule has 0 unspecified atom stereocenters. The Hall–Kier alpha value is -0.890. The molecular weight excluding hydrogens is 379 g/mol. The Morgan fingerprint density at radius 2 is 2.26 bits per heavy atom. The zero-order chi connectivity index (χ0) is 14.0. The van der Waals surface area contributed by atoms with Crippen LogP contribution < -0.4 is 4.74 Å².